The number of methoxy groups -OCH3 is 2. The number of carbonyl (C=O) groups is 2. The molecule has 7 nitrogen and oxygen atoms in total. The van der Waals surface area contributed by atoms with Crippen molar-refractivity contribution in [3.63, 3.8) is 0 Å². The Hall–Kier alpha value is -3.74. The third-order valence-electron chi connectivity index (χ3n) is 4.00. The second kappa shape index (κ2) is 8.77. The van der Waals surface area contributed by atoms with Crippen LogP contribution in [0.2, 0.25) is 0 Å². The standard InChI is InChI=1S/C21H20N2O5/c1-26-17-8-9-18(19(13-17)27-2)22-20(24)14-28-21(25)15-6-5-7-16(12-15)23-10-3-4-11-23/h3-13H,14H2,1-2H3,(H,22,24). The SMILES string of the molecule is COc1ccc(NC(=O)COC(=O)c2cccc(-n3cccc3)c2)c(OC)c1. The van der Waals surface area contributed by atoms with Crippen LogP contribution in [0.25, 0.3) is 5.69 Å². The van der Waals surface area contributed by atoms with Crippen LogP contribution in [0.15, 0.2) is 67.0 Å². The van der Waals surface area contributed by atoms with Gasteiger partial charge in [0.2, 0.25) is 0 Å². The fourth-order valence-electron chi connectivity index (χ4n) is 2.60. The Kier molecular flexibility index (Phi) is 5.96. The summed E-state index contributed by atoms with van der Waals surface area (Å²) < 4.78 is 17.3. The molecular weight excluding hydrogens is 360 g/mol. The first-order chi connectivity index (χ1) is 13.6. The number of nitrogens with zero attached hydrogens (tertiary/aromatic N) is 1. The van der Waals surface area contributed by atoms with Crippen LogP contribution in [0.1, 0.15) is 10.4 Å². The minimum absolute atomic E-state index is 0.362. The van der Waals surface area contributed by atoms with Gasteiger partial charge in [0.15, 0.2) is 6.61 Å². The van der Waals surface area contributed by atoms with Crippen molar-refractivity contribution in [3.8, 4) is 17.2 Å². The predicted molar refractivity (Wildman–Crippen MR) is 104 cm³/mol. The van der Waals surface area contributed by atoms with Crippen LogP contribution in [-0.4, -0.2) is 37.3 Å². The zero-order valence-electron chi connectivity index (χ0n) is 15.5. The van der Waals surface area contributed by atoms with E-state index in [9.17, 15) is 9.59 Å². The Morgan fingerprint density at radius 1 is 0.964 bits per heavy atom. The highest BCUT2D eigenvalue weighted by molar-refractivity contribution is 5.96. The summed E-state index contributed by atoms with van der Waals surface area (Å²) in [7, 11) is 3.03. The molecule has 0 bridgehead atoms. The number of ether oxygens (including phenoxy) is 3. The lowest BCUT2D eigenvalue weighted by molar-refractivity contribution is -0.119. The van der Waals surface area contributed by atoms with Crippen molar-refractivity contribution in [1.82, 2.24) is 4.57 Å². The zero-order chi connectivity index (χ0) is 19.9. The van der Waals surface area contributed by atoms with E-state index >= 15 is 0 Å². The second-order valence-corrected chi connectivity index (χ2v) is 5.83. The second-order valence-electron chi connectivity index (χ2n) is 5.83. The summed E-state index contributed by atoms with van der Waals surface area (Å²) in [4.78, 5) is 24.4. The molecule has 2 aromatic carbocycles. The molecule has 144 valence electrons. The monoisotopic (exact) mass is 380 g/mol. The molecule has 0 saturated heterocycles. The number of carbonyl (C=O) groups excluding carboxylic acids is 2. The van der Waals surface area contributed by atoms with E-state index in [1.807, 2.05) is 35.2 Å². The van der Waals surface area contributed by atoms with Crippen LogP contribution in [0.3, 0.4) is 0 Å². The Morgan fingerprint density at radius 3 is 2.46 bits per heavy atom. The topological polar surface area (TPSA) is 78.8 Å². The van der Waals surface area contributed by atoms with E-state index in [2.05, 4.69) is 5.32 Å². The van der Waals surface area contributed by atoms with Crippen molar-refractivity contribution in [2.45, 2.75) is 0 Å². The fraction of sp³-hybridized carbons (Fsp3) is 0.143. The Balaban J connectivity index is 1.60. The zero-order valence-corrected chi connectivity index (χ0v) is 15.5. The number of rotatable bonds is 7. The summed E-state index contributed by atoms with van der Waals surface area (Å²) in [5.41, 5.74) is 1.65. The molecule has 0 aliphatic rings. The van der Waals surface area contributed by atoms with E-state index in [4.69, 9.17) is 14.2 Å². The quantitative estimate of drug-likeness (QED) is 0.637. The number of hydrogen-bond acceptors (Lipinski definition) is 5. The minimum Gasteiger partial charge on any atom is -0.497 e. The molecule has 0 unspecified atom stereocenters. The molecule has 0 fully saturated rings. The first-order valence-electron chi connectivity index (χ1n) is 8.53. The van der Waals surface area contributed by atoms with E-state index in [0.717, 1.165) is 5.69 Å². The number of hydrogen-bond donors (Lipinski definition) is 1. The Morgan fingerprint density at radius 2 is 1.75 bits per heavy atom. The minimum atomic E-state index is -0.578. The number of esters is 1. The summed E-state index contributed by atoms with van der Waals surface area (Å²) in [5, 5.41) is 2.65. The molecule has 0 aliphatic heterocycles. The molecule has 0 radical (unpaired) electrons. The smallest absolute Gasteiger partial charge is 0.338 e. The molecule has 1 aromatic heterocycles. The lowest BCUT2D eigenvalue weighted by Crippen LogP contribution is -2.21. The van der Waals surface area contributed by atoms with Crippen molar-refractivity contribution in [3.05, 3.63) is 72.6 Å². The van der Waals surface area contributed by atoms with Crippen LogP contribution in [0, 0.1) is 0 Å². The van der Waals surface area contributed by atoms with Crippen LogP contribution in [-0.2, 0) is 9.53 Å². The molecule has 0 saturated carbocycles. The van der Waals surface area contributed by atoms with Gasteiger partial charge < -0.3 is 24.1 Å². The third-order valence-corrected chi connectivity index (χ3v) is 4.00. The Labute approximate surface area is 162 Å². The van der Waals surface area contributed by atoms with Crippen LogP contribution < -0.4 is 14.8 Å². The van der Waals surface area contributed by atoms with Gasteiger partial charge >= 0.3 is 5.97 Å². The predicted octanol–water partition coefficient (Wildman–Crippen LogP) is 3.29. The Bertz CT molecular complexity index is 967. The van der Waals surface area contributed by atoms with Gasteiger partial charge in [-0.15, -0.1) is 0 Å². The molecule has 1 heterocycles. The highest BCUT2D eigenvalue weighted by Gasteiger charge is 2.13. The molecule has 0 spiro atoms. The normalized spacial score (nSPS) is 10.2. The van der Waals surface area contributed by atoms with Gasteiger partial charge in [-0.25, -0.2) is 4.79 Å². The average Bonchev–Trinajstić information content (AvgIpc) is 3.27. The lowest BCUT2D eigenvalue weighted by Gasteiger charge is -2.12. The van der Waals surface area contributed by atoms with Crippen LogP contribution >= 0.6 is 0 Å². The summed E-state index contributed by atoms with van der Waals surface area (Å²) >= 11 is 0. The third kappa shape index (κ3) is 4.50. The summed E-state index contributed by atoms with van der Waals surface area (Å²) in [6, 6.07) is 15.7. The maximum atomic E-state index is 12.3. The number of anilines is 1. The first-order valence-corrected chi connectivity index (χ1v) is 8.53. The fourth-order valence-corrected chi connectivity index (χ4v) is 2.60. The van der Waals surface area contributed by atoms with Gasteiger partial charge in [-0.2, -0.15) is 0 Å². The van der Waals surface area contributed by atoms with Gasteiger partial charge in [0.1, 0.15) is 11.5 Å². The molecule has 7 heteroatoms. The maximum absolute atomic E-state index is 12.3. The van der Waals surface area contributed by atoms with E-state index in [1.165, 1.54) is 14.2 Å². The van der Waals surface area contributed by atoms with Gasteiger partial charge in [0, 0.05) is 24.1 Å². The van der Waals surface area contributed by atoms with Gasteiger partial charge in [-0.3, -0.25) is 4.79 Å². The molecule has 1 N–H and O–H groups in total. The van der Waals surface area contributed by atoms with Crippen molar-refractivity contribution in [1.29, 1.82) is 0 Å². The van der Waals surface area contributed by atoms with Gasteiger partial charge in [0.05, 0.1) is 25.5 Å². The highest BCUT2D eigenvalue weighted by atomic mass is 16.5. The molecule has 0 atom stereocenters. The number of amides is 1. The summed E-state index contributed by atoms with van der Waals surface area (Å²) in [6.07, 6.45) is 3.75. The van der Waals surface area contributed by atoms with Crippen molar-refractivity contribution < 1.29 is 23.8 Å². The summed E-state index contributed by atoms with van der Waals surface area (Å²) in [6.45, 7) is -0.415. The van der Waals surface area contributed by atoms with Crippen molar-refractivity contribution in [2.75, 3.05) is 26.1 Å². The number of aromatic nitrogens is 1. The molecule has 1 amide bonds. The molecular formula is C21H20N2O5. The molecule has 3 rings (SSSR count). The van der Waals surface area contributed by atoms with E-state index < -0.39 is 18.5 Å². The molecule has 3 aromatic rings. The number of benzene rings is 2. The van der Waals surface area contributed by atoms with Crippen molar-refractivity contribution >= 4 is 17.6 Å². The molecule has 0 aliphatic carbocycles. The van der Waals surface area contributed by atoms with Gasteiger partial charge in [-0.1, -0.05) is 6.07 Å². The van der Waals surface area contributed by atoms with Crippen LogP contribution in [0.5, 0.6) is 11.5 Å². The van der Waals surface area contributed by atoms with E-state index in [0.29, 0.717) is 22.7 Å². The van der Waals surface area contributed by atoms with Gasteiger partial charge in [-0.05, 0) is 42.5 Å². The van der Waals surface area contributed by atoms with Gasteiger partial charge in [0.25, 0.3) is 5.91 Å². The van der Waals surface area contributed by atoms with E-state index in [1.54, 1.807) is 36.4 Å². The first kappa shape index (κ1) is 19.0. The average molecular weight is 380 g/mol. The van der Waals surface area contributed by atoms with Crippen molar-refractivity contribution in [2.24, 2.45) is 0 Å². The lowest BCUT2D eigenvalue weighted by atomic mass is 10.2. The number of nitrogens with one attached hydrogen (secondary N) is 1. The summed E-state index contributed by atoms with van der Waals surface area (Å²) in [5.74, 6) is -0.00784. The van der Waals surface area contributed by atoms with Crippen LogP contribution in [0.4, 0.5) is 5.69 Å². The largest absolute Gasteiger partial charge is 0.497 e. The van der Waals surface area contributed by atoms with E-state index in [-0.39, 0.29) is 0 Å². The highest BCUT2D eigenvalue weighted by Crippen LogP contribution is 2.28. The maximum Gasteiger partial charge on any atom is 0.338 e. The molecule has 28 heavy (non-hydrogen) atoms.